The van der Waals surface area contributed by atoms with Crippen molar-refractivity contribution in [2.45, 2.75) is 31.6 Å². The van der Waals surface area contributed by atoms with Crippen molar-refractivity contribution < 1.29 is 0 Å². The van der Waals surface area contributed by atoms with E-state index < -0.39 is 0 Å². The van der Waals surface area contributed by atoms with Gasteiger partial charge in [0, 0.05) is 33.8 Å². The summed E-state index contributed by atoms with van der Waals surface area (Å²) in [7, 11) is 0. The van der Waals surface area contributed by atoms with Crippen LogP contribution in [0.1, 0.15) is 37.4 Å². The van der Waals surface area contributed by atoms with E-state index in [2.05, 4.69) is 38.0 Å². The predicted molar refractivity (Wildman–Crippen MR) is 99.0 cm³/mol. The van der Waals surface area contributed by atoms with Crippen molar-refractivity contribution in [3.05, 3.63) is 63.2 Å². The Morgan fingerprint density at radius 1 is 1.04 bits per heavy atom. The van der Waals surface area contributed by atoms with Gasteiger partial charge in [-0.3, -0.25) is 4.79 Å². The number of hydrogen-bond donors (Lipinski definition) is 2. The Kier molecular flexibility index (Phi) is 4.10. The highest BCUT2D eigenvalue weighted by Crippen LogP contribution is 2.37. The topological polar surface area (TPSA) is 61.5 Å². The zero-order valence-corrected chi connectivity index (χ0v) is 14.8. The van der Waals surface area contributed by atoms with Crippen molar-refractivity contribution >= 4 is 15.9 Å². The van der Waals surface area contributed by atoms with E-state index in [0.717, 1.165) is 32.8 Å². The first-order chi connectivity index (χ1) is 11.7. The molecule has 4 rings (SSSR count). The molecule has 1 aliphatic rings. The first-order valence-corrected chi connectivity index (χ1v) is 9.05. The van der Waals surface area contributed by atoms with E-state index in [1.165, 1.54) is 25.7 Å². The molecule has 0 radical (unpaired) electrons. The molecule has 0 bridgehead atoms. The van der Waals surface area contributed by atoms with Crippen molar-refractivity contribution in [1.82, 2.24) is 15.0 Å². The highest BCUT2D eigenvalue weighted by Gasteiger charge is 2.23. The minimum atomic E-state index is -0.105. The zero-order chi connectivity index (χ0) is 16.5. The number of aromatic nitrogens is 3. The molecule has 2 heterocycles. The lowest BCUT2D eigenvalue weighted by atomic mass is 10.1. The lowest BCUT2D eigenvalue weighted by Crippen LogP contribution is -2.02. The summed E-state index contributed by atoms with van der Waals surface area (Å²) in [6.07, 6.45) is 6.57. The molecule has 0 saturated heterocycles. The Hall–Kier alpha value is -2.14. The lowest BCUT2D eigenvalue weighted by molar-refractivity contribution is 0.679. The summed E-state index contributed by atoms with van der Waals surface area (Å²) in [5.74, 6) is 1.54. The van der Waals surface area contributed by atoms with Crippen LogP contribution in [0.25, 0.3) is 22.5 Å². The largest absolute Gasteiger partial charge is 0.341 e. The van der Waals surface area contributed by atoms with E-state index in [-0.39, 0.29) is 5.56 Å². The molecule has 0 amide bonds. The van der Waals surface area contributed by atoms with Gasteiger partial charge in [-0.1, -0.05) is 40.9 Å². The van der Waals surface area contributed by atoms with Gasteiger partial charge in [-0.15, -0.1) is 0 Å². The third-order valence-corrected chi connectivity index (χ3v) is 5.17. The van der Waals surface area contributed by atoms with Crippen molar-refractivity contribution in [3.63, 3.8) is 0 Å². The molecule has 1 aromatic carbocycles. The van der Waals surface area contributed by atoms with Gasteiger partial charge in [0.15, 0.2) is 0 Å². The van der Waals surface area contributed by atoms with Crippen LogP contribution in [0, 0.1) is 0 Å². The quantitative estimate of drug-likeness (QED) is 0.678. The maximum atomic E-state index is 11.7. The van der Waals surface area contributed by atoms with Gasteiger partial charge in [0.25, 0.3) is 0 Å². The molecule has 24 heavy (non-hydrogen) atoms. The Bertz CT molecular complexity index is 905. The number of benzene rings is 1. The van der Waals surface area contributed by atoms with Crippen LogP contribution in [0.15, 0.2) is 51.9 Å². The highest BCUT2D eigenvalue weighted by molar-refractivity contribution is 9.10. The predicted octanol–water partition coefficient (Wildman–Crippen LogP) is 4.85. The van der Waals surface area contributed by atoms with E-state index in [0.29, 0.717) is 5.92 Å². The van der Waals surface area contributed by atoms with Crippen molar-refractivity contribution in [2.75, 3.05) is 0 Å². The Balaban J connectivity index is 1.86. The van der Waals surface area contributed by atoms with Gasteiger partial charge in [0.05, 0.1) is 11.4 Å². The minimum absolute atomic E-state index is 0.105. The number of rotatable bonds is 3. The van der Waals surface area contributed by atoms with Gasteiger partial charge in [0.2, 0.25) is 5.56 Å². The van der Waals surface area contributed by atoms with E-state index in [1.54, 1.807) is 12.3 Å². The second-order valence-corrected chi connectivity index (χ2v) is 7.19. The summed E-state index contributed by atoms with van der Waals surface area (Å²) in [6, 6.07) is 11.7. The molecule has 0 spiro atoms. The fourth-order valence-corrected chi connectivity index (χ4v) is 3.67. The zero-order valence-electron chi connectivity index (χ0n) is 13.2. The number of imidazole rings is 1. The van der Waals surface area contributed by atoms with E-state index in [9.17, 15) is 4.79 Å². The van der Waals surface area contributed by atoms with Gasteiger partial charge in [0.1, 0.15) is 5.82 Å². The fraction of sp³-hybridized carbons (Fsp3) is 0.263. The molecule has 122 valence electrons. The summed E-state index contributed by atoms with van der Waals surface area (Å²) in [5, 5.41) is 0. The van der Waals surface area contributed by atoms with Crippen LogP contribution in [0.4, 0.5) is 0 Å². The average Bonchev–Trinajstić information content (AvgIpc) is 3.25. The van der Waals surface area contributed by atoms with E-state index in [4.69, 9.17) is 4.98 Å². The van der Waals surface area contributed by atoms with Crippen LogP contribution in [0.2, 0.25) is 0 Å². The number of nitrogens with one attached hydrogen (secondary N) is 2. The number of hydrogen-bond acceptors (Lipinski definition) is 2. The van der Waals surface area contributed by atoms with Gasteiger partial charge in [-0.25, -0.2) is 4.98 Å². The molecule has 0 unspecified atom stereocenters. The third kappa shape index (κ3) is 2.96. The Morgan fingerprint density at radius 2 is 1.79 bits per heavy atom. The molecule has 0 aliphatic heterocycles. The van der Waals surface area contributed by atoms with Gasteiger partial charge in [-0.2, -0.15) is 0 Å². The first kappa shape index (κ1) is 15.4. The number of halogens is 1. The first-order valence-electron chi connectivity index (χ1n) is 8.25. The normalized spacial score (nSPS) is 15.0. The maximum Gasteiger partial charge on any atom is 0.248 e. The van der Waals surface area contributed by atoms with Crippen LogP contribution >= 0.6 is 15.9 Å². The number of nitrogens with zero attached hydrogens (tertiary/aromatic N) is 1. The minimum Gasteiger partial charge on any atom is -0.341 e. The van der Waals surface area contributed by atoms with Crippen molar-refractivity contribution in [3.8, 4) is 22.5 Å². The second-order valence-electron chi connectivity index (χ2n) is 6.28. The Morgan fingerprint density at radius 3 is 2.50 bits per heavy atom. The molecular formula is C19H18BrN3O. The molecule has 1 fully saturated rings. The summed E-state index contributed by atoms with van der Waals surface area (Å²) >= 11 is 3.48. The van der Waals surface area contributed by atoms with E-state index >= 15 is 0 Å². The van der Waals surface area contributed by atoms with Crippen LogP contribution < -0.4 is 5.56 Å². The van der Waals surface area contributed by atoms with Crippen LogP contribution in [0.5, 0.6) is 0 Å². The maximum absolute atomic E-state index is 11.7. The SMILES string of the molecule is O=c1cc(-c2[nH]c(C3CCCC3)nc2-c2ccc(Br)cc2)cc[nH]1. The molecule has 4 nitrogen and oxygen atoms in total. The Labute approximate surface area is 148 Å². The van der Waals surface area contributed by atoms with Crippen molar-refractivity contribution in [2.24, 2.45) is 0 Å². The number of pyridine rings is 1. The average molecular weight is 384 g/mol. The molecular weight excluding hydrogens is 366 g/mol. The second kappa shape index (κ2) is 6.40. The molecule has 1 saturated carbocycles. The summed E-state index contributed by atoms with van der Waals surface area (Å²) in [6.45, 7) is 0. The van der Waals surface area contributed by atoms with E-state index in [1.807, 2.05) is 18.2 Å². The molecule has 0 atom stereocenters. The smallest absolute Gasteiger partial charge is 0.248 e. The molecule has 2 aromatic heterocycles. The summed E-state index contributed by atoms with van der Waals surface area (Å²) < 4.78 is 1.04. The number of H-pyrrole nitrogens is 2. The molecule has 3 aromatic rings. The van der Waals surface area contributed by atoms with Gasteiger partial charge < -0.3 is 9.97 Å². The van der Waals surface area contributed by atoms with Crippen LogP contribution in [0.3, 0.4) is 0 Å². The van der Waals surface area contributed by atoms with Crippen LogP contribution in [-0.4, -0.2) is 15.0 Å². The standard InChI is InChI=1S/C19H18BrN3O/c20-15-7-5-12(6-8-15)17-18(14-9-10-21-16(24)11-14)23-19(22-17)13-3-1-2-4-13/h5-11,13H,1-4H2,(H,21,24)(H,22,23). The monoisotopic (exact) mass is 383 g/mol. The van der Waals surface area contributed by atoms with Crippen LogP contribution in [-0.2, 0) is 0 Å². The third-order valence-electron chi connectivity index (χ3n) is 4.65. The summed E-state index contributed by atoms with van der Waals surface area (Å²) in [4.78, 5) is 22.8. The highest BCUT2D eigenvalue weighted by atomic mass is 79.9. The van der Waals surface area contributed by atoms with Crippen molar-refractivity contribution in [1.29, 1.82) is 0 Å². The lowest BCUT2D eigenvalue weighted by Gasteiger charge is -2.03. The summed E-state index contributed by atoms with van der Waals surface area (Å²) in [5.41, 5.74) is 3.65. The van der Waals surface area contributed by atoms with Gasteiger partial charge >= 0.3 is 0 Å². The molecule has 1 aliphatic carbocycles. The number of aromatic amines is 2. The molecule has 2 N–H and O–H groups in total. The van der Waals surface area contributed by atoms with Gasteiger partial charge in [-0.05, 0) is 31.0 Å². The molecule has 5 heteroatoms. The fourth-order valence-electron chi connectivity index (χ4n) is 3.41.